The third-order valence-corrected chi connectivity index (χ3v) is 7.92. The molecule has 194 valence electrons. The zero-order valence-corrected chi connectivity index (χ0v) is 21.8. The molecule has 1 heterocycles. The van der Waals surface area contributed by atoms with E-state index in [0.29, 0.717) is 18.5 Å². The lowest BCUT2D eigenvalue weighted by Crippen LogP contribution is -2.34. The monoisotopic (exact) mass is 527 g/mol. The predicted octanol–water partition coefficient (Wildman–Crippen LogP) is 6.15. The number of nitrogens with one attached hydrogen (secondary N) is 2. The van der Waals surface area contributed by atoms with Gasteiger partial charge in [0, 0.05) is 44.6 Å². The maximum Gasteiger partial charge on any atom is 0.307 e. The molecule has 3 N–H and O–H groups in total. The summed E-state index contributed by atoms with van der Waals surface area (Å²) in [5.41, 5.74) is 3.64. The number of carboxylic acids is 1. The van der Waals surface area contributed by atoms with E-state index >= 15 is 0 Å². The van der Waals surface area contributed by atoms with Gasteiger partial charge in [0.05, 0.1) is 17.6 Å². The summed E-state index contributed by atoms with van der Waals surface area (Å²) in [7, 11) is 0. The lowest BCUT2D eigenvalue weighted by atomic mass is 9.82. The Morgan fingerprint density at radius 3 is 2.39 bits per heavy atom. The van der Waals surface area contributed by atoms with Gasteiger partial charge in [0.1, 0.15) is 0 Å². The van der Waals surface area contributed by atoms with Crippen LogP contribution in [0.5, 0.6) is 0 Å². The summed E-state index contributed by atoms with van der Waals surface area (Å²) in [6.07, 6.45) is 4.43. The second-order valence-electron chi connectivity index (χ2n) is 9.34. The number of benzene rings is 3. The average Bonchev–Trinajstić information content (AvgIpc) is 3.25. The molecular formula is C30H29N3O4S. The Labute approximate surface area is 224 Å². The van der Waals surface area contributed by atoms with Gasteiger partial charge >= 0.3 is 5.97 Å². The summed E-state index contributed by atoms with van der Waals surface area (Å²) in [5, 5.41) is 17.6. The van der Waals surface area contributed by atoms with Gasteiger partial charge in [-0.25, -0.2) is 0 Å². The van der Waals surface area contributed by atoms with E-state index in [1.807, 2.05) is 54.6 Å². The number of carbonyl (C=O) groups is 3. The van der Waals surface area contributed by atoms with Crippen molar-refractivity contribution in [2.75, 3.05) is 16.4 Å². The highest BCUT2D eigenvalue weighted by Gasteiger charge is 2.34. The van der Waals surface area contributed by atoms with Gasteiger partial charge in [-0.3, -0.25) is 14.4 Å². The molecule has 0 saturated heterocycles. The van der Waals surface area contributed by atoms with E-state index in [-0.39, 0.29) is 17.6 Å². The van der Waals surface area contributed by atoms with Crippen LogP contribution < -0.4 is 10.6 Å². The van der Waals surface area contributed by atoms with Crippen LogP contribution in [0.15, 0.2) is 83.8 Å². The van der Waals surface area contributed by atoms with E-state index < -0.39 is 17.8 Å². The highest BCUT2D eigenvalue weighted by molar-refractivity contribution is 8.00. The van der Waals surface area contributed by atoms with Gasteiger partial charge in [-0.1, -0.05) is 36.4 Å². The normalized spacial score (nSPS) is 17.0. The van der Waals surface area contributed by atoms with Gasteiger partial charge in [0.2, 0.25) is 11.8 Å². The second-order valence-corrected chi connectivity index (χ2v) is 10.4. The Morgan fingerprint density at radius 1 is 0.868 bits per heavy atom. The molecule has 2 amide bonds. The highest BCUT2D eigenvalue weighted by Crippen LogP contribution is 2.32. The third kappa shape index (κ3) is 5.31. The van der Waals surface area contributed by atoms with Crippen LogP contribution in [0, 0.1) is 11.8 Å². The number of aliphatic carboxylic acids is 1. The molecule has 3 aromatic carbocycles. The van der Waals surface area contributed by atoms with Crippen LogP contribution in [0.4, 0.5) is 11.4 Å². The molecule has 38 heavy (non-hydrogen) atoms. The quantitative estimate of drug-likeness (QED) is 0.188. The minimum absolute atomic E-state index is 0.124. The Bertz CT molecular complexity index is 1560. The van der Waals surface area contributed by atoms with Crippen molar-refractivity contribution in [3.8, 4) is 0 Å². The van der Waals surface area contributed by atoms with E-state index in [1.54, 1.807) is 12.1 Å². The lowest BCUT2D eigenvalue weighted by Gasteiger charge is -2.24. The molecule has 0 spiro atoms. The number of anilines is 2. The standard InChI is InChI=1S/C30H29N3O4S/c1-2-33-26-13-6-5-10-22(26)25-17-20(14-15-27(25)33)31-28(34)18-38-21-9-7-8-19(16-21)32-29(35)23-11-3-4-12-24(23)30(36)37/h3-10,13-17,23-24H,2,11-12,18H2,1H3,(H,31,34)(H,32,35)(H,36,37). The SMILES string of the molecule is CCn1c2ccccc2c2cc(NC(=O)CSc3cccc(NC(=O)C4CC=CCC4C(=O)O)c3)ccc21. The van der Waals surface area contributed by atoms with Gasteiger partial charge < -0.3 is 20.3 Å². The molecule has 0 radical (unpaired) electrons. The van der Waals surface area contributed by atoms with Crippen LogP contribution in [0.2, 0.25) is 0 Å². The minimum atomic E-state index is -0.958. The van der Waals surface area contributed by atoms with E-state index in [9.17, 15) is 19.5 Å². The molecule has 0 saturated carbocycles. The van der Waals surface area contributed by atoms with Crippen molar-refractivity contribution >= 4 is 62.7 Å². The Balaban J connectivity index is 1.22. The summed E-state index contributed by atoms with van der Waals surface area (Å²) in [5.74, 6) is -2.51. The van der Waals surface area contributed by atoms with Crippen LogP contribution in [0.3, 0.4) is 0 Å². The van der Waals surface area contributed by atoms with Gasteiger partial charge in [0.25, 0.3) is 0 Å². The maximum absolute atomic E-state index is 12.8. The predicted molar refractivity (Wildman–Crippen MR) is 153 cm³/mol. The molecule has 7 nitrogen and oxygen atoms in total. The van der Waals surface area contributed by atoms with E-state index in [1.165, 1.54) is 17.3 Å². The number of hydrogen-bond donors (Lipinski definition) is 3. The number of hydrogen-bond acceptors (Lipinski definition) is 4. The number of aryl methyl sites for hydroxylation is 1. The van der Waals surface area contributed by atoms with Crippen LogP contribution in [-0.2, 0) is 20.9 Å². The first-order chi connectivity index (χ1) is 18.4. The van der Waals surface area contributed by atoms with Crippen LogP contribution >= 0.6 is 11.8 Å². The highest BCUT2D eigenvalue weighted by atomic mass is 32.2. The molecule has 2 unspecified atom stereocenters. The summed E-state index contributed by atoms with van der Waals surface area (Å²) in [6, 6.07) is 21.5. The molecule has 4 aromatic rings. The van der Waals surface area contributed by atoms with Crippen molar-refractivity contribution in [2.45, 2.75) is 31.2 Å². The first-order valence-electron chi connectivity index (χ1n) is 12.7. The number of carbonyl (C=O) groups excluding carboxylic acids is 2. The topological polar surface area (TPSA) is 100 Å². The number of thioether (sulfide) groups is 1. The summed E-state index contributed by atoms with van der Waals surface area (Å²) in [6.45, 7) is 2.99. The van der Waals surface area contributed by atoms with Gasteiger partial charge in [-0.2, -0.15) is 0 Å². The van der Waals surface area contributed by atoms with Crippen LogP contribution in [0.1, 0.15) is 19.8 Å². The summed E-state index contributed by atoms with van der Waals surface area (Å²) < 4.78 is 2.27. The number of allylic oxidation sites excluding steroid dienone is 2. The minimum Gasteiger partial charge on any atom is -0.481 e. The van der Waals surface area contributed by atoms with Crippen LogP contribution in [0.25, 0.3) is 21.8 Å². The van der Waals surface area contributed by atoms with Crippen LogP contribution in [-0.4, -0.2) is 33.2 Å². The number of fused-ring (bicyclic) bond motifs is 3. The first-order valence-corrected chi connectivity index (χ1v) is 13.7. The number of rotatable bonds is 8. The lowest BCUT2D eigenvalue weighted by molar-refractivity contribution is -0.146. The first kappa shape index (κ1) is 25.6. The van der Waals surface area contributed by atoms with Crippen molar-refractivity contribution in [3.05, 3.63) is 78.9 Å². The summed E-state index contributed by atoms with van der Waals surface area (Å²) in [4.78, 5) is 37.9. The van der Waals surface area contributed by atoms with E-state index in [0.717, 1.165) is 33.4 Å². The Hall–Kier alpha value is -4.04. The molecule has 1 aliphatic carbocycles. The van der Waals surface area contributed by atoms with Gasteiger partial charge in [0.15, 0.2) is 0 Å². The second kappa shape index (κ2) is 11.1. The number of amides is 2. The third-order valence-electron chi connectivity index (χ3n) is 6.93. The van der Waals surface area contributed by atoms with Crippen molar-refractivity contribution < 1.29 is 19.5 Å². The Kier molecular flexibility index (Phi) is 7.51. The Morgan fingerprint density at radius 2 is 1.61 bits per heavy atom. The smallest absolute Gasteiger partial charge is 0.307 e. The molecular weight excluding hydrogens is 498 g/mol. The fraction of sp³-hybridized carbons (Fsp3) is 0.233. The molecule has 0 bridgehead atoms. The average molecular weight is 528 g/mol. The molecule has 0 fully saturated rings. The molecule has 5 rings (SSSR count). The maximum atomic E-state index is 12.8. The zero-order valence-electron chi connectivity index (χ0n) is 21.0. The molecule has 2 atom stereocenters. The number of aromatic nitrogens is 1. The fourth-order valence-corrected chi connectivity index (χ4v) is 5.85. The van der Waals surface area contributed by atoms with Crippen molar-refractivity contribution in [1.29, 1.82) is 0 Å². The largest absolute Gasteiger partial charge is 0.481 e. The molecule has 8 heteroatoms. The molecule has 1 aromatic heterocycles. The molecule has 1 aliphatic rings. The number of carboxylic acid groups (broad SMARTS) is 1. The van der Waals surface area contributed by atoms with Crippen molar-refractivity contribution in [1.82, 2.24) is 4.57 Å². The van der Waals surface area contributed by atoms with Gasteiger partial charge in [-0.15, -0.1) is 11.8 Å². The van der Waals surface area contributed by atoms with E-state index in [4.69, 9.17) is 0 Å². The van der Waals surface area contributed by atoms with Crippen molar-refractivity contribution in [3.63, 3.8) is 0 Å². The molecule has 0 aliphatic heterocycles. The van der Waals surface area contributed by atoms with Gasteiger partial charge in [-0.05, 0) is 62.2 Å². The fourth-order valence-electron chi connectivity index (χ4n) is 5.09. The number of para-hydroxylation sites is 1. The summed E-state index contributed by atoms with van der Waals surface area (Å²) >= 11 is 1.37. The van der Waals surface area contributed by atoms with E-state index in [2.05, 4.69) is 34.3 Å². The van der Waals surface area contributed by atoms with Crippen molar-refractivity contribution in [2.24, 2.45) is 11.8 Å². The number of nitrogens with zero attached hydrogens (tertiary/aromatic N) is 1. The zero-order chi connectivity index (χ0) is 26.6.